The lowest BCUT2D eigenvalue weighted by Crippen LogP contribution is -2.15. The maximum atomic E-state index is 12.1. The molecule has 0 aliphatic heterocycles. The van der Waals surface area contributed by atoms with Gasteiger partial charge >= 0.3 is 5.97 Å². The molecule has 5 heteroatoms. The number of benzene rings is 2. The molecule has 0 heterocycles. The lowest BCUT2D eigenvalue weighted by atomic mass is 10.1. The van der Waals surface area contributed by atoms with Crippen LogP contribution in [0.25, 0.3) is 0 Å². The summed E-state index contributed by atoms with van der Waals surface area (Å²) in [5, 5.41) is 2.72. The van der Waals surface area contributed by atoms with E-state index in [9.17, 15) is 9.59 Å². The summed E-state index contributed by atoms with van der Waals surface area (Å²) in [6.07, 6.45) is 0. The molecule has 102 valence electrons. The van der Waals surface area contributed by atoms with Crippen LogP contribution in [0.4, 0.5) is 5.69 Å². The van der Waals surface area contributed by atoms with Crippen LogP contribution in [0, 0.1) is 3.57 Å². The van der Waals surface area contributed by atoms with Gasteiger partial charge in [-0.1, -0.05) is 12.1 Å². The molecule has 2 aromatic carbocycles. The summed E-state index contributed by atoms with van der Waals surface area (Å²) in [6.45, 7) is 0. The maximum absolute atomic E-state index is 12.1. The van der Waals surface area contributed by atoms with Gasteiger partial charge in [0.05, 0.1) is 18.4 Å². The first-order chi connectivity index (χ1) is 9.61. The molecule has 0 aromatic heterocycles. The van der Waals surface area contributed by atoms with Crippen LogP contribution in [0.5, 0.6) is 0 Å². The molecule has 1 N–H and O–H groups in total. The summed E-state index contributed by atoms with van der Waals surface area (Å²) < 4.78 is 5.74. The number of hydrogen-bond acceptors (Lipinski definition) is 3. The highest BCUT2D eigenvalue weighted by Gasteiger charge is 2.13. The fraction of sp³-hybridized carbons (Fsp3) is 0.0667. The Balaban J connectivity index is 2.24. The molecular formula is C15H12INO3. The van der Waals surface area contributed by atoms with Crippen molar-refractivity contribution < 1.29 is 14.3 Å². The Morgan fingerprint density at radius 1 is 1.05 bits per heavy atom. The third-order valence-corrected chi connectivity index (χ3v) is 3.41. The quantitative estimate of drug-likeness (QED) is 0.656. The number of carbonyl (C=O) groups excluding carboxylic acids is 2. The van der Waals surface area contributed by atoms with Crippen LogP contribution in [0.2, 0.25) is 0 Å². The van der Waals surface area contributed by atoms with Crippen molar-refractivity contribution in [3.8, 4) is 0 Å². The van der Waals surface area contributed by atoms with E-state index in [1.54, 1.807) is 36.4 Å². The third-order valence-electron chi connectivity index (χ3n) is 2.69. The Kier molecular flexibility index (Phi) is 4.73. The zero-order valence-corrected chi connectivity index (χ0v) is 12.9. The van der Waals surface area contributed by atoms with E-state index < -0.39 is 5.97 Å². The average Bonchev–Trinajstić information content (AvgIpc) is 2.47. The zero-order valence-electron chi connectivity index (χ0n) is 10.7. The standard InChI is InChI=1S/C15H12INO3/c1-20-15(19)12-4-2-3-5-13(12)17-14(18)10-6-8-11(16)9-7-10/h2-9H,1H3,(H,17,18). The number of rotatable bonds is 3. The minimum absolute atomic E-state index is 0.266. The van der Waals surface area contributed by atoms with Crippen LogP contribution in [-0.4, -0.2) is 19.0 Å². The SMILES string of the molecule is COC(=O)c1ccccc1NC(=O)c1ccc(I)cc1. The molecule has 0 atom stereocenters. The normalized spacial score (nSPS) is 9.90. The largest absolute Gasteiger partial charge is 0.465 e. The molecule has 0 spiro atoms. The van der Waals surface area contributed by atoms with E-state index in [-0.39, 0.29) is 5.91 Å². The Morgan fingerprint density at radius 3 is 2.35 bits per heavy atom. The fourth-order valence-corrected chi connectivity index (χ4v) is 2.04. The maximum Gasteiger partial charge on any atom is 0.339 e. The predicted molar refractivity (Wildman–Crippen MR) is 84.9 cm³/mol. The summed E-state index contributed by atoms with van der Waals surface area (Å²) in [5.41, 5.74) is 1.29. The van der Waals surface area contributed by atoms with Gasteiger partial charge in [-0.2, -0.15) is 0 Å². The number of ether oxygens (including phenoxy) is 1. The van der Waals surface area contributed by atoms with E-state index in [2.05, 4.69) is 32.6 Å². The van der Waals surface area contributed by atoms with Gasteiger partial charge in [0.1, 0.15) is 0 Å². The van der Waals surface area contributed by atoms with E-state index in [0.717, 1.165) is 3.57 Å². The molecule has 2 aromatic rings. The molecule has 0 saturated carbocycles. The molecular weight excluding hydrogens is 369 g/mol. The fourth-order valence-electron chi connectivity index (χ4n) is 1.68. The summed E-state index contributed by atoms with van der Waals surface area (Å²) in [4.78, 5) is 23.7. The second-order valence-electron chi connectivity index (χ2n) is 4.00. The molecule has 2 rings (SSSR count). The van der Waals surface area contributed by atoms with Crippen molar-refractivity contribution in [3.63, 3.8) is 0 Å². The summed E-state index contributed by atoms with van der Waals surface area (Å²) >= 11 is 2.17. The van der Waals surface area contributed by atoms with Crippen LogP contribution < -0.4 is 5.32 Å². The predicted octanol–water partition coefficient (Wildman–Crippen LogP) is 3.33. The lowest BCUT2D eigenvalue weighted by molar-refractivity contribution is 0.0602. The third kappa shape index (κ3) is 3.36. The van der Waals surface area contributed by atoms with E-state index >= 15 is 0 Å². The topological polar surface area (TPSA) is 55.4 Å². The van der Waals surface area contributed by atoms with Crippen molar-refractivity contribution in [2.75, 3.05) is 12.4 Å². The Bertz CT molecular complexity index is 638. The highest BCUT2D eigenvalue weighted by atomic mass is 127. The van der Waals surface area contributed by atoms with Gasteiger partial charge in [0.25, 0.3) is 5.91 Å². The highest BCUT2D eigenvalue weighted by molar-refractivity contribution is 14.1. The first-order valence-electron chi connectivity index (χ1n) is 5.86. The van der Waals surface area contributed by atoms with Crippen LogP contribution in [0.15, 0.2) is 48.5 Å². The number of methoxy groups -OCH3 is 1. The van der Waals surface area contributed by atoms with Crippen molar-refractivity contribution in [1.29, 1.82) is 0 Å². The zero-order chi connectivity index (χ0) is 14.5. The molecule has 0 fully saturated rings. The first kappa shape index (κ1) is 14.5. The summed E-state index contributed by atoms with van der Waals surface area (Å²) in [7, 11) is 1.31. The van der Waals surface area contributed by atoms with Crippen molar-refractivity contribution >= 4 is 40.2 Å². The van der Waals surface area contributed by atoms with Crippen LogP contribution in [-0.2, 0) is 4.74 Å². The second kappa shape index (κ2) is 6.51. The van der Waals surface area contributed by atoms with Crippen molar-refractivity contribution in [2.24, 2.45) is 0 Å². The Morgan fingerprint density at radius 2 is 1.70 bits per heavy atom. The first-order valence-corrected chi connectivity index (χ1v) is 6.94. The number of halogens is 1. The number of para-hydroxylation sites is 1. The molecule has 4 nitrogen and oxygen atoms in total. The van der Waals surface area contributed by atoms with E-state index in [1.807, 2.05) is 12.1 Å². The average molecular weight is 381 g/mol. The number of nitrogens with one attached hydrogen (secondary N) is 1. The summed E-state index contributed by atoms with van der Waals surface area (Å²) in [5.74, 6) is -0.749. The monoisotopic (exact) mass is 381 g/mol. The van der Waals surface area contributed by atoms with Crippen molar-refractivity contribution in [2.45, 2.75) is 0 Å². The van der Waals surface area contributed by atoms with E-state index in [4.69, 9.17) is 0 Å². The molecule has 0 saturated heterocycles. The molecule has 0 radical (unpaired) electrons. The van der Waals surface area contributed by atoms with Gasteiger partial charge in [-0.15, -0.1) is 0 Å². The van der Waals surface area contributed by atoms with E-state index in [0.29, 0.717) is 16.8 Å². The highest BCUT2D eigenvalue weighted by Crippen LogP contribution is 2.17. The Hall–Kier alpha value is -1.89. The smallest absolute Gasteiger partial charge is 0.339 e. The summed E-state index contributed by atoms with van der Waals surface area (Å²) in [6, 6.07) is 13.9. The molecule has 1 amide bonds. The van der Waals surface area contributed by atoms with Crippen LogP contribution in [0.1, 0.15) is 20.7 Å². The van der Waals surface area contributed by atoms with Gasteiger partial charge < -0.3 is 10.1 Å². The van der Waals surface area contributed by atoms with Gasteiger partial charge in [0.2, 0.25) is 0 Å². The molecule has 20 heavy (non-hydrogen) atoms. The number of esters is 1. The van der Waals surface area contributed by atoms with Gasteiger partial charge in [-0.25, -0.2) is 4.79 Å². The number of hydrogen-bond donors (Lipinski definition) is 1. The van der Waals surface area contributed by atoms with Gasteiger partial charge in [-0.05, 0) is 59.0 Å². The van der Waals surface area contributed by atoms with Crippen LogP contribution in [0.3, 0.4) is 0 Å². The van der Waals surface area contributed by atoms with Gasteiger partial charge in [-0.3, -0.25) is 4.79 Å². The second-order valence-corrected chi connectivity index (χ2v) is 5.24. The molecule has 0 unspecified atom stereocenters. The minimum Gasteiger partial charge on any atom is -0.465 e. The molecule has 0 aliphatic carbocycles. The number of amides is 1. The number of carbonyl (C=O) groups is 2. The molecule has 0 aliphatic rings. The minimum atomic E-state index is -0.483. The van der Waals surface area contributed by atoms with Gasteiger partial charge in [0, 0.05) is 9.13 Å². The van der Waals surface area contributed by atoms with Crippen molar-refractivity contribution in [3.05, 3.63) is 63.2 Å². The lowest BCUT2D eigenvalue weighted by Gasteiger charge is -2.09. The van der Waals surface area contributed by atoms with Crippen LogP contribution >= 0.6 is 22.6 Å². The number of anilines is 1. The van der Waals surface area contributed by atoms with E-state index in [1.165, 1.54) is 7.11 Å². The van der Waals surface area contributed by atoms with Gasteiger partial charge in [0.15, 0.2) is 0 Å². The Labute approximate surface area is 130 Å². The molecule has 0 bridgehead atoms. The van der Waals surface area contributed by atoms with Crippen molar-refractivity contribution in [1.82, 2.24) is 0 Å².